The average molecular weight is 380 g/mol. The number of carbonyl (C=O) groups excluding carboxylic acids is 1. The number of fused-ring (bicyclic) bond motifs is 1. The minimum Gasteiger partial charge on any atom is -0.370 e. The van der Waals surface area contributed by atoms with Crippen LogP contribution in [0.15, 0.2) is 24.5 Å². The molecule has 2 aromatic heterocycles. The van der Waals surface area contributed by atoms with Crippen molar-refractivity contribution < 1.29 is 4.79 Å². The van der Waals surface area contributed by atoms with Crippen LogP contribution in [0.3, 0.4) is 0 Å². The van der Waals surface area contributed by atoms with Gasteiger partial charge in [-0.25, -0.2) is 9.97 Å². The number of pyridine rings is 1. The number of nitrogens with one attached hydrogen (secondary N) is 1. The molecule has 2 aliphatic rings. The zero-order chi connectivity index (χ0) is 19.5. The highest BCUT2D eigenvalue weighted by atomic mass is 16.2. The van der Waals surface area contributed by atoms with Gasteiger partial charge in [0.15, 0.2) is 5.82 Å². The van der Waals surface area contributed by atoms with Gasteiger partial charge in [0.05, 0.1) is 12.2 Å². The summed E-state index contributed by atoms with van der Waals surface area (Å²) in [6.07, 6.45) is 7.97. The zero-order valence-corrected chi connectivity index (χ0v) is 16.7. The molecule has 0 aliphatic carbocycles. The number of likely N-dealkylation sites (tertiary alicyclic amines) is 1. The molecule has 148 valence electrons. The Kier molecular flexibility index (Phi) is 5.52. The van der Waals surface area contributed by atoms with Crippen molar-refractivity contribution in [3.05, 3.63) is 35.8 Å². The molecule has 0 radical (unpaired) electrons. The van der Waals surface area contributed by atoms with Gasteiger partial charge in [0, 0.05) is 49.6 Å². The number of rotatable bonds is 5. The number of amides is 1. The van der Waals surface area contributed by atoms with E-state index in [1.165, 1.54) is 19.4 Å². The quantitative estimate of drug-likeness (QED) is 0.858. The summed E-state index contributed by atoms with van der Waals surface area (Å²) in [5.41, 5.74) is 3.04. The summed E-state index contributed by atoms with van der Waals surface area (Å²) in [6, 6.07) is 4.49. The third-order valence-corrected chi connectivity index (χ3v) is 5.89. The molecule has 0 spiro atoms. The van der Waals surface area contributed by atoms with E-state index < -0.39 is 0 Å². The fourth-order valence-electron chi connectivity index (χ4n) is 4.18. The molecule has 4 heterocycles. The molecule has 1 amide bonds. The maximum Gasteiger partial charge on any atom is 0.219 e. The van der Waals surface area contributed by atoms with E-state index in [0.717, 1.165) is 48.6 Å². The minimum absolute atomic E-state index is 0.0912. The lowest BCUT2D eigenvalue weighted by atomic mass is 10.0. The Morgan fingerprint density at radius 1 is 1.25 bits per heavy atom. The number of aromatic nitrogens is 3. The van der Waals surface area contributed by atoms with Crippen molar-refractivity contribution in [3.8, 4) is 11.4 Å². The minimum atomic E-state index is 0.0912. The lowest BCUT2D eigenvalue weighted by molar-refractivity contribution is -0.129. The molecule has 28 heavy (non-hydrogen) atoms. The SMILES string of the molecule is CC(=O)N1CCc2c(nc(-c3ccncc3)nc2NCC[C@H]2CCCN2C)C1. The lowest BCUT2D eigenvalue weighted by Gasteiger charge is -2.29. The lowest BCUT2D eigenvalue weighted by Crippen LogP contribution is -2.35. The summed E-state index contributed by atoms with van der Waals surface area (Å²) < 4.78 is 0. The predicted octanol–water partition coefficient (Wildman–Crippen LogP) is 2.34. The van der Waals surface area contributed by atoms with Crippen molar-refractivity contribution in [2.75, 3.05) is 32.0 Å². The monoisotopic (exact) mass is 380 g/mol. The fourth-order valence-corrected chi connectivity index (χ4v) is 4.18. The van der Waals surface area contributed by atoms with E-state index in [-0.39, 0.29) is 5.91 Å². The number of hydrogen-bond acceptors (Lipinski definition) is 6. The highest BCUT2D eigenvalue weighted by Gasteiger charge is 2.25. The molecule has 4 rings (SSSR count). The second-order valence-corrected chi connectivity index (χ2v) is 7.74. The number of anilines is 1. The second kappa shape index (κ2) is 8.22. The summed E-state index contributed by atoms with van der Waals surface area (Å²) in [5.74, 6) is 1.70. The largest absolute Gasteiger partial charge is 0.370 e. The summed E-state index contributed by atoms with van der Waals surface area (Å²) in [4.78, 5) is 29.9. The normalized spacial score (nSPS) is 19.5. The molecule has 1 saturated heterocycles. The zero-order valence-electron chi connectivity index (χ0n) is 16.7. The van der Waals surface area contributed by atoms with Crippen LogP contribution < -0.4 is 5.32 Å². The summed E-state index contributed by atoms with van der Waals surface area (Å²) >= 11 is 0. The van der Waals surface area contributed by atoms with Gasteiger partial charge >= 0.3 is 0 Å². The van der Waals surface area contributed by atoms with Crippen molar-refractivity contribution in [1.82, 2.24) is 24.8 Å². The van der Waals surface area contributed by atoms with Gasteiger partial charge in [0.1, 0.15) is 5.82 Å². The van der Waals surface area contributed by atoms with Crippen LogP contribution in [0, 0.1) is 0 Å². The van der Waals surface area contributed by atoms with Crippen molar-refractivity contribution in [3.63, 3.8) is 0 Å². The van der Waals surface area contributed by atoms with Crippen LogP contribution in [0.25, 0.3) is 11.4 Å². The van der Waals surface area contributed by atoms with E-state index in [2.05, 4.69) is 22.2 Å². The molecule has 0 saturated carbocycles. The van der Waals surface area contributed by atoms with Crippen LogP contribution >= 0.6 is 0 Å². The standard InChI is InChI=1S/C21H28N6O/c1-15(28)27-13-8-18-19(14-27)24-20(16-5-9-22-10-6-16)25-21(18)23-11-7-17-4-3-12-26(17)2/h5-6,9-10,17H,3-4,7-8,11-14H2,1-2H3,(H,23,24,25)/t17-/m1/s1. The Morgan fingerprint density at radius 3 is 2.79 bits per heavy atom. The molecular weight excluding hydrogens is 352 g/mol. The van der Waals surface area contributed by atoms with Crippen LogP contribution in [0.2, 0.25) is 0 Å². The first kappa shape index (κ1) is 18.8. The molecule has 2 aromatic rings. The molecule has 7 nitrogen and oxygen atoms in total. The van der Waals surface area contributed by atoms with Crippen LogP contribution in [-0.4, -0.2) is 63.4 Å². The first-order valence-electron chi connectivity index (χ1n) is 10.1. The smallest absolute Gasteiger partial charge is 0.219 e. The highest BCUT2D eigenvalue weighted by molar-refractivity contribution is 5.74. The Balaban J connectivity index is 1.58. The molecule has 0 unspecified atom stereocenters. The third-order valence-electron chi connectivity index (χ3n) is 5.89. The maximum absolute atomic E-state index is 11.9. The molecule has 7 heteroatoms. The third kappa shape index (κ3) is 3.99. The van der Waals surface area contributed by atoms with Gasteiger partial charge in [-0.05, 0) is 51.4 Å². The van der Waals surface area contributed by atoms with Crippen molar-refractivity contribution in [2.45, 2.75) is 45.2 Å². The van der Waals surface area contributed by atoms with E-state index in [1.54, 1.807) is 19.3 Å². The second-order valence-electron chi connectivity index (χ2n) is 7.74. The van der Waals surface area contributed by atoms with Gasteiger partial charge in [-0.1, -0.05) is 0 Å². The first-order valence-corrected chi connectivity index (χ1v) is 10.1. The van der Waals surface area contributed by atoms with Gasteiger partial charge in [-0.2, -0.15) is 0 Å². The number of carbonyl (C=O) groups is 1. The van der Waals surface area contributed by atoms with Gasteiger partial charge in [-0.3, -0.25) is 9.78 Å². The van der Waals surface area contributed by atoms with Crippen molar-refractivity contribution in [2.24, 2.45) is 0 Å². The van der Waals surface area contributed by atoms with Crippen molar-refractivity contribution >= 4 is 11.7 Å². The molecule has 1 N–H and O–H groups in total. The predicted molar refractivity (Wildman–Crippen MR) is 109 cm³/mol. The van der Waals surface area contributed by atoms with Gasteiger partial charge in [0.25, 0.3) is 0 Å². The number of nitrogens with zero attached hydrogens (tertiary/aromatic N) is 5. The van der Waals surface area contributed by atoms with Gasteiger partial charge in [0.2, 0.25) is 5.91 Å². The average Bonchev–Trinajstić information content (AvgIpc) is 3.12. The molecule has 2 aliphatic heterocycles. The van der Waals surface area contributed by atoms with Gasteiger partial charge < -0.3 is 15.1 Å². The first-order chi connectivity index (χ1) is 13.6. The molecule has 0 aromatic carbocycles. The molecule has 1 atom stereocenters. The van der Waals surface area contributed by atoms with E-state index in [1.807, 2.05) is 17.0 Å². The Bertz CT molecular complexity index is 840. The van der Waals surface area contributed by atoms with Crippen LogP contribution in [-0.2, 0) is 17.8 Å². The van der Waals surface area contributed by atoms with Crippen LogP contribution in [0.4, 0.5) is 5.82 Å². The highest BCUT2D eigenvalue weighted by Crippen LogP contribution is 2.27. The maximum atomic E-state index is 11.9. The van der Waals surface area contributed by atoms with Gasteiger partial charge in [-0.15, -0.1) is 0 Å². The van der Waals surface area contributed by atoms with E-state index in [4.69, 9.17) is 9.97 Å². The fraction of sp³-hybridized carbons (Fsp3) is 0.524. The molecule has 0 bridgehead atoms. The summed E-state index contributed by atoms with van der Waals surface area (Å²) in [6.45, 7) is 4.98. The molecule has 1 fully saturated rings. The topological polar surface area (TPSA) is 74.2 Å². The van der Waals surface area contributed by atoms with E-state index in [0.29, 0.717) is 18.4 Å². The van der Waals surface area contributed by atoms with Crippen LogP contribution in [0.5, 0.6) is 0 Å². The van der Waals surface area contributed by atoms with E-state index in [9.17, 15) is 4.79 Å². The molecular formula is C21H28N6O. The Hall–Kier alpha value is -2.54. The summed E-state index contributed by atoms with van der Waals surface area (Å²) in [5, 5.41) is 3.58. The summed E-state index contributed by atoms with van der Waals surface area (Å²) in [7, 11) is 2.21. The van der Waals surface area contributed by atoms with E-state index >= 15 is 0 Å². The number of hydrogen-bond donors (Lipinski definition) is 1. The Morgan fingerprint density at radius 2 is 2.07 bits per heavy atom. The Labute approximate surface area is 166 Å². The van der Waals surface area contributed by atoms with Crippen LogP contribution in [0.1, 0.15) is 37.4 Å². The van der Waals surface area contributed by atoms with Crippen molar-refractivity contribution in [1.29, 1.82) is 0 Å².